The summed E-state index contributed by atoms with van der Waals surface area (Å²) in [6, 6.07) is 6.40. The summed E-state index contributed by atoms with van der Waals surface area (Å²) >= 11 is 0. The third-order valence-corrected chi connectivity index (χ3v) is 2.50. The van der Waals surface area contributed by atoms with Gasteiger partial charge < -0.3 is 10.2 Å². The van der Waals surface area contributed by atoms with Crippen molar-refractivity contribution in [3.63, 3.8) is 0 Å². The first kappa shape index (κ1) is 12.2. The van der Waals surface area contributed by atoms with Crippen LogP contribution in [0.5, 0.6) is 0 Å². The standard InChI is InChI=1S/C12H14O4/c1-2-9(11(13)14)6-8-4-3-5-10(7-8)12(15)16/h3-5,7,9H,2,6H2,1H3,(H,13,14)(H,15,16)/t9-/m0/s1. The molecule has 4 nitrogen and oxygen atoms in total. The molecule has 0 aromatic heterocycles. The first-order valence-electron chi connectivity index (χ1n) is 5.09. The number of carboxylic acids is 2. The van der Waals surface area contributed by atoms with Gasteiger partial charge in [0.15, 0.2) is 0 Å². The maximum Gasteiger partial charge on any atom is 0.335 e. The number of aliphatic carboxylic acids is 1. The highest BCUT2D eigenvalue weighted by Gasteiger charge is 2.16. The van der Waals surface area contributed by atoms with Gasteiger partial charge in [-0.2, -0.15) is 0 Å². The molecule has 1 aromatic carbocycles. The lowest BCUT2D eigenvalue weighted by Gasteiger charge is -2.09. The van der Waals surface area contributed by atoms with Crippen LogP contribution in [-0.2, 0) is 11.2 Å². The van der Waals surface area contributed by atoms with Crippen LogP contribution >= 0.6 is 0 Å². The smallest absolute Gasteiger partial charge is 0.335 e. The monoisotopic (exact) mass is 222 g/mol. The lowest BCUT2D eigenvalue weighted by molar-refractivity contribution is -0.141. The molecule has 0 saturated carbocycles. The van der Waals surface area contributed by atoms with Crippen molar-refractivity contribution in [2.24, 2.45) is 5.92 Å². The topological polar surface area (TPSA) is 74.6 Å². The SMILES string of the molecule is CC[C@@H](Cc1cccc(C(=O)O)c1)C(=O)O. The largest absolute Gasteiger partial charge is 0.481 e. The van der Waals surface area contributed by atoms with Gasteiger partial charge in [-0.05, 0) is 30.5 Å². The van der Waals surface area contributed by atoms with E-state index in [9.17, 15) is 9.59 Å². The first-order chi connectivity index (χ1) is 7.54. The van der Waals surface area contributed by atoms with E-state index in [0.29, 0.717) is 12.8 Å². The Labute approximate surface area is 93.5 Å². The van der Waals surface area contributed by atoms with Crippen LogP contribution in [0.4, 0.5) is 0 Å². The van der Waals surface area contributed by atoms with Crippen molar-refractivity contribution in [2.75, 3.05) is 0 Å². The average molecular weight is 222 g/mol. The van der Waals surface area contributed by atoms with Crippen molar-refractivity contribution in [2.45, 2.75) is 19.8 Å². The van der Waals surface area contributed by atoms with E-state index in [1.54, 1.807) is 19.1 Å². The Balaban J connectivity index is 2.84. The van der Waals surface area contributed by atoms with Gasteiger partial charge in [-0.3, -0.25) is 4.79 Å². The second-order valence-corrected chi connectivity index (χ2v) is 3.65. The molecular weight excluding hydrogens is 208 g/mol. The van der Waals surface area contributed by atoms with Crippen LogP contribution in [0.1, 0.15) is 29.3 Å². The van der Waals surface area contributed by atoms with Crippen LogP contribution in [0.2, 0.25) is 0 Å². The molecule has 0 amide bonds. The van der Waals surface area contributed by atoms with E-state index in [0.717, 1.165) is 5.56 Å². The number of aromatic carboxylic acids is 1. The van der Waals surface area contributed by atoms with Crippen molar-refractivity contribution in [3.05, 3.63) is 35.4 Å². The summed E-state index contributed by atoms with van der Waals surface area (Å²) in [5, 5.41) is 17.7. The van der Waals surface area contributed by atoms with Crippen LogP contribution in [0, 0.1) is 5.92 Å². The van der Waals surface area contributed by atoms with Gasteiger partial charge in [0, 0.05) is 0 Å². The lowest BCUT2D eigenvalue weighted by atomic mass is 9.96. The molecule has 0 aliphatic rings. The molecule has 0 radical (unpaired) electrons. The first-order valence-corrected chi connectivity index (χ1v) is 5.09. The number of benzene rings is 1. The predicted molar refractivity (Wildman–Crippen MR) is 58.5 cm³/mol. The van der Waals surface area contributed by atoms with Gasteiger partial charge in [0.25, 0.3) is 0 Å². The second kappa shape index (κ2) is 5.30. The summed E-state index contributed by atoms with van der Waals surface area (Å²) in [5.74, 6) is -2.29. The van der Waals surface area contributed by atoms with Gasteiger partial charge in [-0.1, -0.05) is 19.1 Å². The molecule has 0 bridgehead atoms. The molecule has 0 unspecified atom stereocenters. The normalized spacial score (nSPS) is 12.1. The van der Waals surface area contributed by atoms with Crippen LogP contribution < -0.4 is 0 Å². The fourth-order valence-electron chi connectivity index (χ4n) is 1.52. The Hall–Kier alpha value is -1.84. The molecule has 1 atom stereocenters. The molecule has 0 fully saturated rings. The molecule has 4 heteroatoms. The second-order valence-electron chi connectivity index (χ2n) is 3.65. The molecule has 1 aromatic rings. The minimum absolute atomic E-state index is 0.192. The Morgan fingerprint density at radius 1 is 1.31 bits per heavy atom. The van der Waals surface area contributed by atoms with Crippen molar-refractivity contribution in [1.29, 1.82) is 0 Å². The van der Waals surface area contributed by atoms with Gasteiger partial charge in [0.2, 0.25) is 0 Å². The highest BCUT2D eigenvalue weighted by atomic mass is 16.4. The third kappa shape index (κ3) is 3.08. The van der Waals surface area contributed by atoms with E-state index >= 15 is 0 Å². The number of carbonyl (C=O) groups is 2. The number of rotatable bonds is 5. The van der Waals surface area contributed by atoms with E-state index in [1.807, 2.05) is 0 Å². The van der Waals surface area contributed by atoms with Crippen molar-refractivity contribution >= 4 is 11.9 Å². The van der Waals surface area contributed by atoms with Crippen LogP contribution in [0.25, 0.3) is 0 Å². The quantitative estimate of drug-likeness (QED) is 0.799. The van der Waals surface area contributed by atoms with E-state index in [-0.39, 0.29) is 5.56 Å². The van der Waals surface area contributed by atoms with E-state index in [1.165, 1.54) is 12.1 Å². The molecule has 16 heavy (non-hydrogen) atoms. The minimum atomic E-state index is -0.995. The Morgan fingerprint density at radius 3 is 2.50 bits per heavy atom. The third-order valence-electron chi connectivity index (χ3n) is 2.50. The highest BCUT2D eigenvalue weighted by Crippen LogP contribution is 2.14. The van der Waals surface area contributed by atoms with Crippen LogP contribution in [0.15, 0.2) is 24.3 Å². The van der Waals surface area contributed by atoms with Gasteiger partial charge in [0.05, 0.1) is 11.5 Å². The Kier molecular flexibility index (Phi) is 4.05. The summed E-state index contributed by atoms with van der Waals surface area (Å²) < 4.78 is 0. The van der Waals surface area contributed by atoms with Crippen molar-refractivity contribution in [1.82, 2.24) is 0 Å². The average Bonchev–Trinajstić information content (AvgIpc) is 2.25. The molecule has 86 valence electrons. The molecule has 0 aliphatic heterocycles. The number of hydrogen-bond donors (Lipinski definition) is 2. The van der Waals surface area contributed by atoms with E-state index < -0.39 is 17.9 Å². The molecule has 2 N–H and O–H groups in total. The molecule has 1 rings (SSSR count). The molecule has 0 heterocycles. The van der Waals surface area contributed by atoms with Crippen LogP contribution in [0.3, 0.4) is 0 Å². The van der Waals surface area contributed by atoms with Gasteiger partial charge in [-0.25, -0.2) is 4.79 Å². The van der Waals surface area contributed by atoms with Crippen molar-refractivity contribution in [3.8, 4) is 0 Å². The van der Waals surface area contributed by atoms with Gasteiger partial charge in [0.1, 0.15) is 0 Å². The summed E-state index contributed by atoms with van der Waals surface area (Å²) in [5.41, 5.74) is 0.937. The zero-order valence-electron chi connectivity index (χ0n) is 9.01. The van der Waals surface area contributed by atoms with Crippen LogP contribution in [-0.4, -0.2) is 22.2 Å². The summed E-state index contributed by atoms with van der Waals surface area (Å²) in [6.07, 6.45) is 0.902. The van der Waals surface area contributed by atoms with Gasteiger partial charge in [-0.15, -0.1) is 0 Å². The molecule has 0 aliphatic carbocycles. The predicted octanol–water partition coefficient (Wildman–Crippen LogP) is 2.04. The summed E-state index contributed by atoms with van der Waals surface area (Å²) in [7, 11) is 0. The zero-order valence-corrected chi connectivity index (χ0v) is 9.01. The Bertz CT molecular complexity index is 398. The molecule has 0 spiro atoms. The molecule has 0 saturated heterocycles. The maximum atomic E-state index is 10.8. The maximum absolute atomic E-state index is 10.8. The fourth-order valence-corrected chi connectivity index (χ4v) is 1.52. The van der Waals surface area contributed by atoms with Crippen molar-refractivity contribution < 1.29 is 19.8 Å². The zero-order chi connectivity index (χ0) is 12.1. The van der Waals surface area contributed by atoms with E-state index in [4.69, 9.17) is 10.2 Å². The highest BCUT2D eigenvalue weighted by molar-refractivity contribution is 5.87. The number of carboxylic acid groups (broad SMARTS) is 2. The van der Waals surface area contributed by atoms with E-state index in [2.05, 4.69) is 0 Å². The fraction of sp³-hybridized carbons (Fsp3) is 0.333. The lowest BCUT2D eigenvalue weighted by Crippen LogP contribution is -2.15. The molecular formula is C12H14O4. The Morgan fingerprint density at radius 2 is 2.00 bits per heavy atom. The summed E-state index contributed by atoms with van der Waals surface area (Å²) in [4.78, 5) is 21.6. The van der Waals surface area contributed by atoms with Gasteiger partial charge >= 0.3 is 11.9 Å². The summed E-state index contributed by atoms with van der Waals surface area (Å²) in [6.45, 7) is 1.81. The number of hydrogen-bond acceptors (Lipinski definition) is 2. The minimum Gasteiger partial charge on any atom is -0.481 e.